The molecule has 1 saturated heterocycles. The summed E-state index contributed by atoms with van der Waals surface area (Å²) in [7, 11) is -3.77. The lowest BCUT2D eigenvalue weighted by Crippen LogP contribution is -2.56. The van der Waals surface area contributed by atoms with E-state index in [-0.39, 0.29) is 22.8 Å². The molecule has 3 fully saturated rings. The number of benzene rings is 1. The summed E-state index contributed by atoms with van der Waals surface area (Å²) < 4.78 is 35.6. The van der Waals surface area contributed by atoms with Crippen molar-refractivity contribution in [2.24, 2.45) is 10.8 Å². The minimum atomic E-state index is -3.77. The first kappa shape index (κ1) is 21.0. The van der Waals surface area contributed by atoms with Gasteiger partial charge in [0.25, 0.3) is 0 Å². The molecule has 0 N–H and O–H groups in total. The molecule has 2 aliphatic carbocycles. The zero-order valence-corrected chi connectivity index (χ0v) is 18.8. The molecule has 3 aliphatic rings. The molecule has 1 aliphatic heterocycles. The zero-order chi connectivity index (χ0) is 21.0. The Morgan fingerprint density at radius 2 is 1.66 bits per heavy atom. The van der Waals surface area contributed by atoms with Crippen molar-refractivity contribution in [2.75, 3.05) is 0 Å². The van der Waals surface area contributed by atoms with Crippen LogP contribution < -0.4 is 0 Å². The maximum Gasteiger partial charge on any atom is 0.245 e. The highest BCUT2D eigenvalue weighted by Crippen LogP contribution is 2.51. The molecule has 1 aromatic rings. The fourth-order valence-electron chi connectivity index (χ4n) is 5.63. The van der Waals surface area contributed by atoms with Crippen LogP contribution in [0.4, 0.5) is 0 Å². The molecular formula is C23H33NO4S. The lowest BCUT2D eigenvalue weighted by atomic mass is 9.62. The number of nitrogens with zero attached hydrogens (tertiary/aromatic N) is 1. The number of aryl methyl sites for hydroxylation is 1. The average Bonchev–Trinajstić information content (AvgIpc) is 3.07. The number of ketones is 1. The highest BCUT2D eigenvalue weighted by molar-refractivity contribution is 7.89. The standard InChI is InChI=1S/C23H33NO4S/c1-16-10-12-17(13-11-16)29(26,27)24-18-8-5-6-9-19(18)28-21(24)23(4)15-7-14-22(2,3)20(23)25/h10-13,18-19,21H,5-9,14-15H2,1-4H3. The molecule has 29 heavy (non-hydrogen) atoms. The summed E-state index contributed by atoms with van der Waals surface area (Å²) >= 11 is 0. The minimum Gasteiger partial charge on any atom is -0.356 e. The Morgan fingerprint density at radius 3 is 2.34 bits per heavy atom. The number of sulfonamides is 1. The van der Waals surface area contributed by atoms with E-state index in [1.54, 1.807) is 16.4 Å². The molecule has 4 rings (SSSR count). The lowest BCUT2D eigenvalue weighted by Gasteiger charge is -2.46. The highest BCUT2D eigenvalue weighted by atomic mass is 32.2. The third-order valence-electron chi connectivity index (χ3n) is 7.30. The van der Waals surface area contributed by atoms with E-state index in [2.05, 4.69) is 0 Å². The van der Waals surface area contributed by atoms with Crippen molar-refractivity contribution in [3.63, 3.8) is 0 Å². The van der Waals surface area contributed by atoms with E-state index in [1.165, 1.54) is 0 Å². The second-order valence-electron chi connectivity index (χ2n) is 10.0. The monoisotopic (exact) mass is 419 g/mol. The van der Waals surface area contributed by atoms with Crippen LogP contribution in [0.2, 0.25) is 0 Å². The van der Waals surface area contributed by atoms with Crippen molar-refractivity contribution in [1.82, 2.24) is 4.31 Å². The molecule has 4 unspecified atom stereocenters. The Bertz CT molecular complexity index is 892. The maximum absolute atomic E-state index is 13.8. The molecule has 0 amide bonds. The molecule has 0 bridgehead atoms. The average molecular weight is 420 g/mol. The van der Waals surface area contributed by atoms with Crippen LogP contribution in [0.25, 0.3) is 0 Å². The molecule has 2 saturated carbocycles. The second kappa shape index (κ2) is 7.17. The van der Waals surface area contributed by atoms with E-state index < -0.39 is 27.1 Å². The topological polar surface area (TPSA) is 63.7 Å². The second-order valence-corrected chi connectivity index (χ2v) is 11.9. The lowest BCUT2D eigenvalue weighted by molar-refractivity contribution is -0.156. The van der Waals surface area contributed by atoms with E-state index >= 15 is 0 Å². The predicted octanol–water partition coefficient (Wildman–Crippen LogP) is 4.44. The van der Waals surface area contributed by atoms with Crippen LogP contribution >= 0.6 is 0 Å². The van der Waals surface area contributed by atoms with Gasteiger partial charge in [-0.3, -0.25) is 4.79 Å². The fourth-order valence-corrected chi connectivity index (χ4v) is 7.48. The Balaban J connectivity index is 1.80. The van der Waals surface area contributed by atoms with Gasteiger partial charge in [0.05, 0.1) is 22.5 Å². The van der Waals surface area contributed by atoms with Gasteiger partial charge >= 0.3 is 0 Å². The van der Waals surface area contributed by atoms with Crippen LogP contribution in [0.3, 0.4) is 0 Å². The molecule has 0 radical (unpaired) electrons. The molecule has 5 nitrogen and oxygen atoms in total. The molecule has 0 aromatic heterocycles. The number of Topliss-reactive ketones (excluding diaryl/α,β-unsaturated/α-hetero) is 1. The molecule has 6 heteroatoms. The van der Waals surface area contributed by atoms with E-state index in [0.717, 1.165) is 44.1 Å². The first-order valence-corrected chi connectivity index (χ1v) is 12.3. The zero-order valence-electron chi connectivity index (χ0n) is 18.0. The predicted molar refractivity (Wildman–Crippen MR) is 112 cm³/mol. The van der Waals surface area contributed by atoms with Gasteiger partial charge in [-0.1, -0.05) is 50.8 Å². The summed E-state index contributed by atoms with van der Waals surface area (Å²) in [6.07, 6.45) is 5.25. The van der Waals surface area contributed by atoms with Gasteiger partial charge < -0.3 is 4.74 Å². The van der Waals surface area contributed by atoms with Crippen LogP contribution in [-0.4, -0.2) is 36.9 Å². The van der Waals surface area contributed by atoms with Gasteiger partial charge in [0, 0.05) is 5.41 Å². The summed E-state index contributed by atoms with van der Waals surface area (Å²) in [4.78, 5) is 13.8. The molecule has 1 heterocycles. The van der Waals surface area contributed by atoms with Gasteiger partial charge in [0.1, 0.15) is 12.0 Å². The summed E-state index contributed by atoms with van der Waals surface area (Å²) in [6, 6.07) is 6.82. The molecule has 1 aromatic carbocycles. The maximum atomic E-state index is 13.8. The highest BCUT2D eigenvalue weighted by Gasteiger charge is 2.60. The first-order valence-electron chi connectivity index (χ1n) is 10.9. The fraction of sp³-hybridized carbons (Fsp3) is 0.696. The van der Waals surface area contributed by atoms with Crippen molar-refractivity contribution in [3.05, 3.63) is 29.8 Å². The Labute approximate surface area is 174 Å². The molecule has 4 atom stereocenters. The number of hydrogen-bond donors (Lipinski definition) is 0. The summed E-state index contributed by atoms with van der Waals surface area (Å²) in [5, 5.41) is 0. The Morgan fingerprint density at radius 1 is 1.00 bits per heavy atom. The Hall–Kier alpha value is -1.24. The van der Waals surface area contributed by atoms with Crippen LogP contribution in [0, 0.1) is 17.8 Å². The van der Waals surface area contributed by atoms with Gasteiger partial charge in [-0.05, 0) is 51.7 Å². The summed E-state index contributed by atoms with van der Waals surface area (Å²) in [5.41, 5.74) is -0.259. The molecule has 0 spiro atoms. The largest absolute Gasteiger partial charge is 0.356 e. The van der Waals surface area contributed by atoms with Crippen molar-refractivity contribution < 1.29 is 17.9 Å². The van der Waals surface area contributed by atoms with Crippen LogP contribution in [0.1, 0.15) is 71.3 Å². The van der Waals surface area contributed by atoms with Crippen molar-refractivity contribution >= 4 is 15.8 Å². The van der Waals surface area contributed by atoms with Crippen molar-refractivity contribution in [3.8, 4) is 0 Å². The van der Waals surface area contributed by atoms with Crippen LogP contribution in [-0.2, 0) is 19.6 Å². The quantitative estimate of drug-likeness (QED) is 0.727. The van der Waals surface area contributed by atoms with E-state index in [1.807, 2.05) is 39.8 Å². The number of carbonyl (C=O) groups is 1. The SMILES string of the molecule is Cc1ccc(S(=O)(=O)N2C3CCCCC3OC2C2(C)CCCC(C)(C)C2=O)cc1. The normalized spacial score (nSPS) is 35.4. The molecular weight excluding hydrogens is 386 g/mol. The van der Waals surface area contributed by atoms with Crippen molar-refractivity contribution in [1.29, 1.82) is 0 Å². The number of rotatable bonds is 3. The number of ether oxygens (including phenoxy) is 1. The third kappa shape index (κ3) is 3.37. The Kier molecular flexibility index (Phi) is 5.20. The number of fused-ring (bicyclic) bond motifs is 1. The summed E-state index contributed by atoms with van der Waals surface area (Å²) in [5.74, 6) is 0.129. The van der Waals surface area contributed by atoms with Crippen molar-refractivity contribution in [2.45, 2.75) is 95.9 Å². The number of hydrogen-bond acceptors (Lipinski definition) is 4. The van der Waals surface area contributed by atoms with Gasteiger partial charge in [0.15, 0.2) is 0 Å². The minimum absolute atomic E-state index is 0.122. The molecule has 160 valence electrons. The summed E-state index contributed by atoms with van der Waals surface area (Å²) in [6.45, 7) is 7.83. The van der Waals surface area contributed by atoms with E-state index in [0.29, 0.717) is 6.42 Å². The van der Waals surface area contributed by atoms with Gasteiger partial charge in [-0.15, -0.1) is 0 Å². The van der Waals surface area contributed by atoms with Crippen LogP contribution in [0.5, 0.6) is 0 Å². The number of carbonyl (C=O) groups excluding carboxylic acids is 1. The van der Waals surface area contributed by atoms with Gasteiger partial charge in [0.2, 0.25) is 10.0 Å². The first-order chi connectivity index (χ1) is 13.6. The van der Waals surface area contributed by atoms with Gasteiger partial charge in [-0.2, -0.15) is 4.31 Å². The smallest absolute Gasteiger partial charge is 0.245 e. The van der Waals surface area contributed by atoms with E-state index in [4.69, 9.17) is 4.74 Å². The van der Waals surface area contributed by atoms with Gasteiger partial charge in [-0.25, -0.2) is 8.42 Å². The third-order valence-corrected chi connectivity index (χ3v) is 9.19. The van der Waals surface area contributed by atoms with Crippen LogP contribution in [0.15, 0.2) is 29.2 Å². The van der Waals surface area contributed by atoms with E-state index in [9.17, 15) is 13.2 Å².